The molecule has 0 N–H and O–H groups in total. The summed E-state index contributed by atoms with van der Waals surface area (Å²) >= 11 is 0. The van der Waals surface area contributed by atoms with Crippen LogP contribution in [0.15, 0.2) is 30.6 Å². The van der Waals surface area contributed by atoms with Crippen LogP contribution in [0.4, 0.5) is 0 Å². The van der Waals surface area contributed by atoms with E-state index in [1.165, 1.54) is 12.8 Å². The number of nitrogens with zero attached hydrogens (tertiary/aromatic N) is 1. The molecule has 2 rings (SSSR count). The van der Waals surface area contributed by atoms with Gasteiger partial charge in [-0.3, -0.25) is 9.78 Å². The molecule has 2 heteroatoms. The summed E-state index contributed by atoms with van der Waals surface area (Å²) in [6.45, 7) is 0. The fourth-order valence-electron chi connectivity index (χ4n) is 1.41. The summed E-state index contributed by atoms with van der Waals surface area (Å²) in [7, 11) is 0. The van der Waals surface area contributed by atoms with Crippen LogP contribution in [0.25, 0.3) is 5.57 Å². The Morgan fingerprint density at radius 3 is 3.00 bits per heavy atom. The molecular formula is C12H13NO. The lowest BCUT2D eigenvalue weighted by atomic mass is 10.1. The first-order chi connectivity index (χ1) is 6.90. The maximum absolute atomic E-state index is 10.8. The number of carbonyl (C=O) groups excluding carboxylic acids is 1. The highest BCUT2D eigenvalue weighted by Gasteiger charge is 2.19. The van der Waals surface area contributed by atoms with Crippen LogP contribution in [0, 0.1) is 5.92 Å². The van der Waals surface area contributed by atoms with Gasteiger partial charge in [0.2, 0.25) is 0 Å². The summed E-state index contributed by atoms with van der Waals surface area (Å²) < 4.78 is 0. The van der Waals surface area contributed by atoms with Gasteiger partial charge in [-0.25, -0.2) is 0 Å². The average molecular weight is 187 g/mol. The second-order valence-electron chi connectivity index (χ2n) is 3.70. The molecule has 1 aromatic rings. The normalized spacial score (nSPS) is 16.7. The second kappa shape index (κ2) is 4.18. The molecule has 1 aromatic heterocycles. The van der Waals surface area contributed by atoms with Crippen LogP contribution < -0.4 is 0 Å². The van der Waals surface area contributed by atoms with Gasteiger partial charge in [0.1, 0.15) is 6.29 Å². The molecule has 0 radical (unpaired) electrons. The van der Waals surface area contributed by atoms with Gasteiger partial charge in [-0.1, -0.05) is 12.1 Å². The van der Waals surface area contributed by atoms with Crippen molar-refractivity contribution in [3.8, 4) is 0 Å². The van der Waals surface area contributed by atoms with Gasteiger partial charge in [-0.05, 0) is 31.2 Å². The zero-order valence-electron chi connectivity index (χ0n) is 8.02. The third-order valence-corrected chi connectivity index (χ3v) is 2.49. The van der Waals surface area contributed by atoms with Crippen LogP contribution >= 0.6 is 0 Å². The molecule has 0 bridgehead atoms. The van der Waals surface area contributed by atoms with Gasteiger partial charge in [-0.2, -0.15) is 0 Å². The quantitative estimate of drug-likeness (QED) is 0.535. The van der Waals surface area contributed by atoms with Crippen molar-refractivity contribution in [2.75, 3.05) is 0 Å². The Kier molecular flexibility index (Phi) is 2.73. The van der Waals surface area contributed by atoms with Gasteiger partial charge in [0.05, 0.1) is 0 Å². The van der Waals surface area contributed by atoms with Crippen LogP contribution in [0.1, 0.15) is 24.8 Å². The van der Waals surface area contributed by atoms with Crippen molar-refractivity contribution in [3.05, 3.63) is 36.2 Å². The predicted molar refractivity (Wildman–Crippen MR) is 55.6 cm³/mol. The molecular weight excluding hydrogens is 174 g/mol. The van der Waals surface area contributed by atoms with Crippen LogP contribution in [0.3, 0.4) is 0 Å². The number of carbonyl (C=O) groups is 1. The molecule has 0 saturated heterocycles. The SMILES string of the molecule is O=C/C(=C/CC1CC1)c1cccnc1. The zero-order chi connectivity index (χ0) is 9.80. The van der Waals surface area contributed by atoms with E-state index in [0.29, 0.717) is 0 Å². The summed E-state index contributed by atoms with van der Waals surface area (Å²) in [6, 6.07) is 3.77. The van der Waals surface area contributed by atoms with Crippen molar-refractivity contribution in [2.24, 2.45) is 5.92 Å². The van der Waals surface area contributed by atoms with E-state index < -0.39 is 0 Å². The first kappa shape index (κ1) is 9.13. The predicted octanol–water partition coefficient (Wildman–Crippen LogP) is 2.46. The van der Waals surface area contributed by atoms with Gasteiger partial charge in [0.15, 0.2) is 0 Å². The highest BCUT2D eigenvalue weighted by molar-refractivity contribution is 6.06. The lowest BCUT2D eigenvalue weighted by Crippen LogP contribution is -1.87. The number of aldehydes is 1. The Balaban J connectivity index is 2.11. The molecule has 1 fully saturated rings. The minimum Gasteiger partial charge on any atom is -0.298 e. The average Bonchev–Trinajstić information content (AvgIpc) is 3.04. The number of aromatic nitrogens is 1. The standard InChI is InChI=1S/C12H13NO/c14-9-12(6-5-10-3-4-10)11-2-1-7-13-8-11/h1-2,6-10H,3-5H2/b12-6-. The maximum atomic E-state index is 10.8. The van der Waals surface area contributed by atoms with Gasteiger partial charge in [0, 0.05) is 23.5 Å². The van der Waals surface area contributed by atoms with E-state index in [4.69, 9.17) is 0 Å². The first-order valence-corrected chi connectivity index (χ1v) is 4.96. The summed E-state index contributed by atoms with van der Waals surface area (Å²) in [5.41, 5.74) is 1.69. The van der Waals surface area contributed by atoms with Crippen LogP contribution in [-0.2, 0) is 4.79 Å². The highest BCUT2D eigenvalue weighted by atomic mass is 16.1. The molecule has 0 spiro atoms. The van der Waals surface area contributed by atoms with Gasteiger partial charge in [-0.15, -0.1) is 0 Å². The molecule has 0 aromatic carbocycles. The van der Waals surface area contributed by atoms with Crippen molar-refractivity contribution in [2.45, 2.75) is 19.3 Å². The van der Waals surface area contributed by atoms with Crippen molar-refractivity contribution in [3.63, 3.8) is 0 Å². The van der Waals surface area contributed by atoms with Crippen molar-refractivity contribution in [1.29, 1.82) is 0 Å². The number of hydrogen-bond donors (Lipinski definition) is 0. The Bertz CT molecular complexity index is 339. The molecule has 0 atom stereocenters. The van der Waals surface area contributed by atoms with E-state index in [0.717, 1.165) is 29.8 Å². The molecule has 72 valence electrons. The Hall–Kier alpha value is -1.44. The Labute approximate surface area is 83.7 Å². The minimum atomic E-state index is 0.769. The van der Waals surface area contributed by atoms with Crippen LogP contribution in [0.2, 0.25) is 0 Å². The third-order valence-electron chi connectivity index (χ3n) is 2.49. The molecule has 1 heterocycles. The molecule has 0 aliphatic heterocycles. The lowest BCUT2D eigenvalue weighted by Gasteiger charge is -1.98. The van der Waals surface area contributed by atoms with Gasteiger partial charge >= 0.3 is 0 Å². The van der Waals surface area contributed by atoms with Crippen LogP contribution in [0.5, 0.6) is 0 Å². The lowest BCUT2D eigenvalue weighted by molar-refractivity contribution is -0.103. The Morgan fingerprint density at radius 2 is 2.43 bits per heavy atom. The summed E-state index contributed by atoms with van der Waals surface area (Å²) in [5.74, 6) is 0.821. The van der Waals surface area contributed by atoms with E-state index in [2.05, 4.69) is 4.98 Å². The van der Waals surface area contributed by atoms with E-state index in [1.54, 1.807) is 12.4 Å². The van der Waals surface area contributed by atoms with Crippen LogP contribution in [-0.4, -0.2) is 11.3 Å². The second-order valence-corrected chi connectivity index (χ2v) is 3.70. The van der Waals surface area contributed by atoms with E-state index >= 15 is 0 Å². The minimum absolute atomic E-state index is 0.769. The third kappa shape index (κ3) is 2.28. The number of rotatable bonds is 4. The first-order valence-electron chi connectivity index (χ1n) is 4.96. The molecule has 1 aliphatic rings. The maximum Gasteiger partial charge on any atom is 0.150 e. The largest absolute Gasteiger partial charge is 0.298 e. The molecule has 14 heavy (non-hydrogen) atoms. The van der Waals surface area contributed by atoms with E-state index in [1.807, 2.05) is 18.2 Å². The van der Waals surface area contributed by atoms with Crippen molar-refractivity contribution >= 4 is 11.9 Å². The topological polar surface area (TPSA) is 30.0 Å². The fraction of sp³-hybridized carbons (Fsp3) is 0.333. The Morgan fingerprint density at radius 1 is 1.57 bits per heavy atom. The van der Waals surface area contributed by atoms with Crippen molar-refractivity contribution < 1.29 is 4.79 Å². The molecule has 0 unspecified atom stereocenters. The molecule has 0 amide bonds. The smallest absolute Gasteiger partial charge is 0.150 e. The van der Waals surface area contributed by atoms with E-state index in [-0.39, 0.29) is 0 Å². The van der Waals surface area contributed by atoms with Crippen molar-refractivity contribution in [1.82, 2.24) is 4.98 Å². The summed E-state index contributed by atoms with van der Waals surface area (Å²) in [5, 5.41) is 0. The fourth-order valence-corrected chi connectivity index (χ4v) is 1.41. The summed E-state index contributed by atoms with van der Waals surface area (Å²) in [4.78, 5) is 14.8. The highest BCUT2D eigenvalue weighted by Crippen LogP contribution is 2.33. The number of hydrogen-bond acceptors (Lipinski definition) is 2. The van der Waals surface area contributed by atoms with Gasteiger partial charge in [0.25, 0.3) is 0 Å². The molecule has 1 saturated carbocycles. The molecule has 2 nitrogen and oxygen atoms in total. The number of pyridine rings is 1. The molecule has 1 aliphatic carbocycles. The van der Waals surface area contributed by atoms with E-state index in [9.17, 15) is 4.79 Å². The number of allylic oxidation sites excluding steroid dienone is 2. The van der Waals surface area contributed by atoms with Gasteiger partial charge < -0.3 is 0 Å². The monoisotopic (exact) mass is 187 g/mol. The zero-order valence-corrected chi connectivity index (χ0v) is 8.02. The summed E-state index contributed by atoms with van der Waals surface area (Å²) in [6.07, 6.45) is 10.1.